The third kappa shape index (κ3) is 4.91. The van der Waals surface area contributed by atoms with Gasteiger partial charge >= 0.3 is 24.0 Å². The first-order valence-electron chi connectivity index (χ1n) is 14.1. The third-order valence-electron chi connectivity index (χ3n) is 10.1. The van der Waals surface area contributed by atoms with Crippen LogP contribution in [0.4, 0.5) is 35.1 Å². The van der Waals surface area contributed by atoms with Crippen LogP contribution in [0.2, 0.25) is 0 Å². The Labute approximate surface area is 253 Å². The van der Waals surface area contributed by atoms with E-state index in [0.29, 0.717) is 12.1 Å². The normalized spacial score (nSPS) is 27.5. The van der Waals surface area contributed by atoms with Gasteiger partial charge in [0, 0.05) is 24.1 Å². The number of carbonyl (C=O) groups is 2. The minimum atomic E-state index is -6.38. The number of halogens is 8. The van der Waals surface area contributed by atoms with E-state index >= 15 is 0 Å². The molecule has 1 heterocycles. The van der Waals surface area contributed by atoms with Crippen LogP contribution in [0.15, 0.2) is 53.4 Å². The Kier molecular flexibility index (Phi) is 7.85. The van der Waals surface area contributed by atoms with Crippen molar-refractivity contribution in [1.29, 1.82) is 0 Å². The summed E-state index contributed by atoms with van der Waals surface area (Å²) in [5, 5.41) is 9.70. The number of hydrogen-bond donors (Lipinski definition) is 1. The van der Waals surface area contributed by atoms with Crippen LogP contribution < -0.4 is 0 Å². The predicted octanol–water partition coefficient (Wildman–Crippen LogP) is 6.77. The first-order valence-corrected chi connectivity index (χ1v) is 15.6. The molecule has 3 aliphatic carbocycles. The van der Waals surface area contributed by atoms with Crippen molar-refractivity contribution in [3.63, 3.8) is 0 Å². The van der Waals surface area contributed by atoms with E-state index in [0.717, 1.165) is 6.07 Å². The number of sulfone groups is 1. The molecule has 2 aromatic carbocycles. The number of fused-ring (bicyclic) bond motifs is 3. The summed E-state index contributed by atoms with van der Waals surface area (Å²) in [6.07, 6.45) is -11.5. The van der Waals surface area contributed by atoms with Gasteiger partial charge < -0.3 is 10.0 Å². The number of carboxylic acids is 1. The molecule has 1 unspecified atom stereocenters. The fourth-order valence-corrected chi connectivity index (χ4v) is 9.39. The number of likely N-dealkylation sites (tertiary alicyclic amines) is 1. The second kappa shape index (κ2) is 10.7. The molecule has 6 nitrogen and oxygen atoms in total. The minimum absolute atomic E-state index is 0.00437. The molecule has 4 aliphatic rings. The van der Waals surface area contributed by atoms with Gasteiger partial charge in [0.25, 0.3) is 0 Å². The van der Waals surface area contributed by atoms with E-state index in [9.17, 15) is 58.2 Å². The van der Waals surface area contributed by atoms with Crippen LogP contribution in [-0.4, -0.2) is 55.7 Å². The molecular weight excluding hydrogens is 638 g/mol. The molecule has 0 aromatic heterocycles. The van der Waals surface area contributed by atoms with Gasteiger partial charge in [-0.3, -0.25) is 9.59 Å². The topological polar surface area (TPSA) is 91.8 Å². The molecule has 1 atom stereocenters. The van der Waals surface area contributed by atoms with Gasteiger partial charge in [0.1, 0.15) is 11.4 Å². The van der Waals surface area contributed by atoms with Crippen molar-refractivity contribution < 1.29 is 58.2 Å². The Morgan fingerprint density at radius 3 is 1.82 bits per heavy atom. The highest BCUT2D eigenvalue weighted by Gasteiger charge is 2.73. The van der Waals surface area contributed by atoms with Gasteiger partial charge in [-0.1, -0.05) is 36.4 Å². The van der Waals surface area contributed by atoms with E-state index in [4.69, 9.17) is 0 Å². The summed E-state index contributed by atoms with van der Waals surface area (Å²) in [5.74, 6) is -1.36. The fourth-order valence-electron chi connectivity index (χ4n) is 7.24. The van der Waals surface area contributed by atoms with E-state index in [1.54, 1.807) is 0 Å². The maximum Gasteiger partial charge on any atom is 0.435 e. The number of hydrogen-bond acceptors (Lipinski definition) is 4. The molecule has 1 amide bonds. The highest BCUT2D eigenvalue weighted by Crippen LogP contribution is 2.59. The number of rotatable bonds is 7. The molecule has 1 N–H and O–H groups in total. The van der Waals surface area contributed by atoms with Gasteiger partial charge in [-0.05, 0) is 68.2 Å². The van der Waals surface area contributed by atoms with Crippen LogP contribution in [0.25, 0.3) is 0 Å². The standard InChI is InChI=1S/C30H29F8NO5S/c31-17-19-2-1-3-22(16-19)45(43,44)27(20-4-6-21(7-5-20)28(32,29(33,34)35)30(36,37)38)14-15-39(18-27)23(40)25-8-11-26(12-9-25,13-10-25)24(41)42/h1-7,16H,8-15,17-18H2,(H,41,42). The molecule has 0 spiro atoms. The lowest BCUT2D eigenvalue weighted by Gasteiger charge is -2.51. The maximum absolute atomic E-state index is 14.8. The largest absolute Gasteiger partial charge is 0.481 e. The Hall–Kier alpha value is -3.23. The van der Waals surface area contributed by atoms with Crippen LogP contribution in [-0.2, 0) is 36.5 Å². The van der Waals surface area contributed by atoms with Crippen LogP contribution in [0.5, 0.6) is 0 Å². The smallest absolute Gasteiger partial charge is 0.435 e. The van der Waals surface area contributed by atoms with Gasteiger partial charge in [-0.2, -0.15) is 26.3 Å². The van der Waals surface area contributed by atoms with Crippen molar-refractivity contribution in [3.05, 3.63) is 65.2 Å². The number of carbonyl (C=O) groups excluding carboxylic acids is 1. The summed E-state index contributed by atoms with van der Waals surface area (Å²) < 4.78 is 135. The first-order chi connectivity index (χ1) is 20.8. The molecule has 2 aromatic rings. The van der Waals surface area contributed by atoms with E-state index in [1.165, 1.54) is 23.1 Å². The summed E-state index contributed by atoms with van der Waals surface area (Å²) in [6.45, 7) is -1.70. The lowest BCUT2D eigenvalue weighted by Crippen LogP contribution is -2.53. The van der Waals surface area contributed by atoms with E-state index in [1.807, 2.05) is 0 Å². The molecule has 1 aliphatic heterocycles. The molecule has 246 valence electrons. The van der Waals surface area contributed by atoms with Crippen molar-refractivity contribution >= 4 is 21.7 Å². The zero-order valence-corrected chi connectivity index (χ0v) is 24.5. The molecule has 6 rings (SSSR count). The lowest BCUT2D eigenvalue weighted by atomic mass is 9.53. The van der Waals surface area contributed by atoms with Crippen molar-refractivity contribution in [2.75, 3.05) is 13.1 Å². The molecule has 1 saturated heterocycles. The molecule has 0 radical (unpaired) electrons. The van der Waals surface area contributed by atoms with Crippen molar-refractivity contribution in [2.45, 2.75) is 79.3 Å². The first kappa shape index (κ1) is 33.1. The average Bonchev–Trinajstić information content (AvgIpc) is 3.47. The van der Waals surface area contributed by atoms with Crippen molar-refractivity contribution in [3.8, 4) is 0 Å². The zero-order valence-electron chi connectivity index (χ0n) is 23.6. The SMILES string of the molecule is O=C(O)C12CCC(C(=O)N3CCC(c4ccc(C(F)(C(F)(F)F)C(F)(F)F)cc4)(S(=O)(=O)c4cccc(CF)c4)C3)(CC1)CC2. The van der Waals surface area contributed by atoms with Crippen LogP contribution in [0.3, 0.4) is 0 Å². The Morgan fingerprint density at radius 1 is 0.800 bits per heavy atom. The Morgan fingerprint density at radius 2 is 1.33 bits per heavy atom. The van der Waals surface area contributed by atoms with Crippen LogP contribution in [0.1, 0.15) is 61.6 Å². The summed E-state index contributed by atoms with van der Waals surface area (Å²) >= 11 is 0. The van der Waals surface area contributed by atoms with E-state index < -0.39 is 74.1 Å². The average molecular weight is 668 g/mol. The summed E-state index contributed by atoms with van der Waals surface area (Å²) in [5.41, 5.74) is -9.67. The van der Waals surface area contributed by atoms with Crippen molar-refractivity contribution in [1.82, 2.24) is 4.90 Å². The predicted molar refractivity (Wildman–Crippen MR) is 143 cm³/mol. The summed E-state index contributed by atoms with van der Waals surface area (Å²) in [7, 11) is -4.60. The maximum atomic E-state index is 14.8. The lowest BCUT2D eigenvalue weighted by molar-refractivity contribution is -0.348. The van der Waals surface area contributed by atoms with Gasteiger partial charge in [-0.25, -0.2) is 17.2 Å². The van der Waals surface area contributed by atoms with Crippen LogP contribution >= 0.6 is 0 Å². The van der Waals surface area contributed by atoms with E-state index in [2.05, 4.69) is 0 Å². The number of amides is 1. The Bertz CT molecular complexity index is 1570. The minimum Gasteiger partial charge on any atom is -0.481 e. The van der Waals surface area contributed by atoms with Crippen LogP contribution in [0, 0.1) is 10.8 Å². The molecule has 45 heavy (non-hydrogen) atoms. The third-order valence-corrected chi connectivity index (χ3v) is 12.6. The van der Waals surface area contributed by atoms with Crippen molar-refractivity contribution in [2.24, 2.45) is 10.8 Å². The van der Waals surface area contributed by atoms with Gasteiger partial charge in [-0.15, -0.1) is 0 Å². The molecule has 15 heteroatoms. The van der Waals surface area contributed by atoms with E-state index in [-0.39, 0.29) is 79.6 Å². The highest BCUT2D eigenvalue weighted by molar-refractivity contribution is 7.92. The summed E-state index contributed by atoms with van der Waals surface area (Å²) in [4.78, 5) is 26.7. The number of carboxylic acid groups (broad SMARTS) is 1. The molecule has 3 saturated carbocycles. The Balaban J connectivity index is 1.56. The molecule has 4 fully saturated rings. The number of benzene rings is 2. The van der Waals surface area contributed by atoms with Gasteiger partial charge in [0.15, 0.2) is 9.84 Å². The second-order valence-corrected chi connectivity index (χ2v) is 14.6. The monoisotopic (exact) mass is 667 g/mol. The fraction of sp³-hybridized carbons (Fsp3) is 0.533. The summed E-state index contributed by atoms with van der Waals surface area (Å²) in [6, 6.07) is 6.67. The zero-order chi connectivity index (χ0) is 33.3. The molecular formula is C30H29F8NO5S. The van der Waals surface area contributed by atoms with Gasteiger partial charge in [0.2, 0.25) is 5.91 Å². The quantitative estimate of drug-likeness (QED) is 0.329. The second-order valence-electron chi connectivity index (χ2n) is 12.4. The number of alkyl halides is 8. The van der Waals surface area contributed by atoms with Gasteiger partial charge in [0.05, 0.1) is 10.3 Å². The molecule has 2 bridgehead atoms. The number of aliphatic carboxylic acids is 1. The number of nitrogens with zero attached hydrogens (tertiary/aromatic N) is 1. The highest BCUT2D eigenvalue weighted by atomic mass is 32.2.